The van der Waals surface area contributed by atoms with Crippen molar-refractivity contribution in [1.29, 1.82) is 0 Å². The summed E-state index contributed by atoms with van der Waals surface area (Å²) in [6, 6.07) is 11.8. The minimum Gasteiger partial charge on any atom is -0.457 e. The molecule has 3 nitrogen and oxygen atoms in total. The van der Waals surface area contributed by atoms with E-state index in [0.717, 1.165) is 23.7 Å². The molecule has 0 unspecified atom stereocenters. The van der Waals surface area contributed by atoms with Gasteiger partial charge in [-0.25, -0.2) is 4.98 Å². The summed E-state index contributed by atoms with van der Waals surface area (Å²) in [6.07, 6.45) is 2.69. The predicted molar refractivity (Wildman–Crippen MR) is 69.7 cm³/mol. The van der Waals surface area contributed by atoms with Gasteiger partial charge in [0.25, 0.3) is 0 Å². The van der Waals surface area contributed by atoms with Crippen LogP contribution in [0.3, 0.4) is 0 Å². The normalized spacial score (nSPS) is 10.0. The molecular formula is C14H16N2O. The molecule has 0 aliphatic rings. The van der Waals surface area contributed by atoms with Gasteiger partial charge in [-0.15, -0.1) is 0 Å². The first kappa shape index (κ1) is 11.5. The number of nitrogens with one attached hydrogen (secondary N) is 1. The average molecular weight is 228 g/mol. The number of rotatable bonds is 4. The fourth-order valence-electron chi connectivity index (χ4n) is 1.63. The van der Waals surface area contributed by atoms with Crippen molar-refractivity contribution in [2.45, 2.75) is 13.3 Å². The summed E-state index contributed by atoms with van der Waals surface area (Å²) in [5, 5.41) is 2.99. The maximum absolute atomic E-state index is 5.86. The topological polar surface area (TPSA) is 34.1 Å². The molecule has 1 aromatic carbocycles. The molecule has 1 heterocycles. The van der Waals surface area contributed by atoms with Crippen LogP contribution >= 0.6 is 0 Å². The summed E-state index contributed by atoms with van der Waals surface area (Å²) >= 11 is 0. The van der Waals surface area contributed by atoms with Crippen LogP contribution in [0.5, 0.6) is 11.5 Å². The summed E-state index contributed by atoms with van der Waals surface area (Å²) in [5.41, 5.74) is 1.20. The highest BCUT2D eigenvalue weighted by Crippen LogP contribution is 2.26. The maximum Gasteiger partial charge on any atom is 0.132 e. The largest absolute Gasteiger partial charge is 0.457 e. The number of hydrogen-bond acceptors (Lipinski definition) is 3. The van der Waals surface area contributed by atoms with Gasteiger partial charge in [0.15, 0.2) is 0 Å². The smallest absolute Gasteiger partial charge is 0.132 e. The minimum absolute atomic E-state index is 0.797. The molecule has 0 saturated carbocycles. The summed E-state index contributed by atoms with van der Waals surface area (Å²) in [6.45, 7) is 2.12. The van der Waals surface area contributed by atoms with Crippen LogP contribution in [0.1, 0.15) is 12.5 Å². The first-order valence-corrected chi connectivity index (χ1v) is 5.73. The molecule has 0 atom stereocenters. The Morgan fingerprint density at radius 1 is 1.24 bits per heavy atom. The molecule has 2 aromatic rings. The number of ether oxygens (including phenoxy) is 1. The molecule has 0 spiro atoms. The monoisotopic (exact) mass is 228 g/mol. The fraction of sp³-hybridized carbons (Fsp3) is 0.214. The zero-order chi connectivity index (χ0) is 12.1. The molecule has 1 aromatic heterocycles. The lowest BCUT2D eigenvalue weighted by Crippen LogP contribution is -1.94. The van der Waals surface area contributed by atoms with Crippen LogP contribution in [-0.4, -0.2) is 12.0 Å². The van der Waals surface area contributed by atoms with Crippen molar-refractivity contribution in [1.82, 2.24) is 4.98 Å². The molecule has 0 aliphatic carbocycles. The molecule has 0 aliphatic heterocycles. The molecule has 0 saturated heterocycles. The Bertz CT molecular complexity index is 497. The van der Waals surface area contributed by atoms with Gasteiger partial charge in [0.2, 0.25) is 0 Å². The lowest BCUT2D eigenvalue weighted by molar-refractivity contribution is 0.476. The van der Waals surface area contributed by atoms with Crippen molar-refractivity contribution in [2.75, 3.05) is 12.4 Å². The van der Waals surface area contributed by atoms with E-state index < -0.39 is 0 Å². The third kappa shape index (κ3) is 2.75. The van der Waals surface area contributed by atoms with Crippen molar-refractivity contribution in [3.05, 3.63) is 48.2 Å². The van der Waals surface area contributed by atoms with Crippen LogP contribution in [0.15, 0.2) is 42.6 Å². The molecule has 2 rings (SSSR count). The zero-order valence-electron chi connectivity index (χ0n) is 10.1. The third-order valence-corrected chi connectivity index (χ3v) is 2.57. The summed E-state index contributed by atoms with van der Waals surface area (Å²) in [5.74, 6) is 2.50. The van der Waals surface area contributed by atoms with E-state index in [4.69, 9.17) is 4.74 Å². The van der Waals surface area contributed by atoms with E-state index in [1.807, 2.05) is 37.4 Å². The minimum atomic E-state index is 0.797. The van der Waals surface area contributed by atoms with E-state index >= 15 is 0 Å². The van der Waals surface area contributed by atoms with Gasteiger partial charge in [-0.2, -0.15) is 0 Å². The first-order chi connectivity index (χ1) is 8.33. The zero-order valence-corrected chi connectivity index (χ0v) is 10.1. The molecule has 0 radical (unpaired) electrons. The number of benzene rings is 1. The van der Waals surface area contributed by atoms with Gasteiger partial charge >= 0.3 is 0 Å². The second-order valence-electron chi connectivity index (χ2n) is 3.69. The number of aromatic nitrogens is 1. The molecule has 88 valence electrons. The Labute approximate surface area is 101 Å². The molecule has 0 amide bonds. The summed E-state index contributed by atoms with van der Waals surface area (Å²) < 4.78 is 5.86. The van der Waals surface area contributed by atoms with E-state index in [-0.39, 0.29) is 0 Å². The molecule has 0 fully saturated rings. The van der Waals surface area contributed by atoms with Gasteiger partial charge in [0.05, 0.1) is 0 Å². The second-order valence-corrected chi connectivity index (χ2v) is 3.69. The molecule has 0 bridgehead atoms. The predicted octanol–water partition coefficient (Wildman–Crippen LogP) is 3.48. The number of para-hydroxylation sites is 1. The fourth-order valence-corrected chi connectivity index (χ4v) is 1.63. The van der Waals surface area contributed by atoms with Crippen LogP contribution < -0.4 is 10.1 Å². The highest BCUT2D eigenvalue weighted by molar-refractivity contribution is 5.43. The number of hydrogen-bond donors (Lipinski definition) is 1. The number of aryl methyl sites for hydroxylation is 1. The Hall–Kier alpha value is -2.03. The van der Waals surface area contributed by atoms with E-state index in [1.54, 1.807) is 6.20 Å². The second kappa shape index (κ2) is 5.34. The average Bonchev–Trinajstić information content (AvgIpc) is 2.39. The standard InChI is InChI=1S/C14H16N2O/c1-3-11-6-4-5-7-13(11)17-12-8-9-16-14(10-12)15-2/h4-10H,3H2,1-2H3,(H,15,16). The van der Waals surface area contributed by atoms with E-state index in [0.29, 0.717) is 0 Å². The van der Waals surface area contributed by atoms with Crippen LogP contribution in [0.4, 0.5) is 5.82 Å². The van der Waals surface area contributed by atoms with E-state index in [1.165, 1.54) is 5.56 Å². The first-order valence-electron chi connectivity index (χ1n) is 5.73. The Morgan fingerprint density at radius 2 is 2.06 bits per heavy atom. The van der Waals surface area contributed by atoms with Crippen molar-refractivity contribution in [2.24, 2.45) is 0 Å². The maximum atomic E-state index is 5.86. The van der Waals surface area contributed by atoms with Crippen molar-refractivity contribution in [3.63, 3.8) is 0 Å². The van der Waals surface area contributed by atoms with Gasteiger partial charge in [-0.1, -0.05) is 25.1 Å². The van der Waals surface area contributed by atoms with Gasteiger partial charge in [0, 0.05) is 19.3 Å². The van der Waals surface area contributed by atoms with E-state index in [2.05, 4.69) is 23.3 Å². The lowest BCUT2D eigenvalue weighted by Gasteiger charge is -2.10. The number of pyridine rings is 1. The highest BCUT2D eigenvalue weighted by Gasteiger charge is 2.03. The Kier molecular flexibility index (Phi) is 3.60. The van der Waals surface area contributed by atoms with Crippen molar-refractivity contribution >= 4 is 5.82 Å². The molecular weight excluding hydrogens is 212 g/mol. The summed E-state index contributed by atoms with van der Waals surface area (Å²) in [4.78, 5) is 4.15. The van der Waals surface area contributed by atoms with Crippen LogP contribution in [0.2, 0.25) is 0 Å². The SMILES string of the molecule is CCc1ccccc1Oc1ccnc(NC)c1. The van der Waals surface area contributed by atoms with Gasteiger partial charge in [-0.05, 0) is 24.1 Å². The third-order valence-electron chi connectivity index (χ3n) is 2.57. The Balaban J connectivity index is 2.24. The molecule has 3 heteroatoms. The van der Waals surface area contributed by atoms with Gasteiger partial charge in [0.1, 0.15) is 17.3 Å². The number of nitrogens with zero attached hydrogens (tertiary/aromatic N) is 1. The Morgan fingerprint density at radius 3 is 2.82 bits per heavy atom. The van der Waals surface area contributed by atoms with Gasteiger partial charge in [-0.3, -0.25) is 0 Å². The van der Waals surface area contributed by atoms with Crippen LogP contribution in [0.25, 0.3) is 0 Å². The molecule has 17 heavy (non-hydrogen) atoms. The quantitative estimate of drug-likeness (QED) is 0.870. The van der Waals surface area contributed by atoms with Crippen LogP contribution in [-0.2, 0) is 6.42 Å². The van der Waals surface area contributed by atoms with Crippen molar-refractivity contribution in [3.8, 4) is 11.5 Å². The van der Waals surface area contributed by atoms with Crippen LogP contribution in [0, 0.1) is 0 Å². The lowest BCUT2D eigenvalue weighted by atomic mass is 10.1. The molecule has 1 N–H and O–H groups in total. The number of anilines is 1. The summed E-state index contributed by atoms with van der Waals surface area (Å²) in [7, 11) is 1.84. The van der Waals surface area contributed by atoms with Gasteiger partial charge < -0.3 is 10.1 Å². The van der Waals surface area contributed by atoms with E-state index in [9.17, 15) is 0 Å². The highest BCUT2D eigenvalue weighted by atomic mass is 16.5. The van der Waals surface area contributed by atoms with Crippen molar-refractivity contribution < 1.29 is 4.74 Å².